The number of hydrogen-bond donors (Lipinski definition) is 2. The van der Waals surface area contributed by atoms with Crippen LogP contribution in [0.25, 0.3) is 0 Å². The van der Waals surface area contributed by atoms with Crippen LogP contribution in [0, 0.1) is 0 Å². The van der Waals surface area contributed by atoms with Crippen LogP contribution in [0.4, 0.5) is 5.69 Å². The number of likely N-dealkylation sites (N-methyl/N-ethyl adjacent to an activating group) is 1. The number of nitrogens with one attached hydrogen (secondary N) is 1. The first-order chi connectivity index (χ1) is 10.2. The zero-order chi connectivity index (χ0) is 15.5. The SMILES string of the molecule is COCC(CCCN)Nc1ccc(OCCN(C)C)cc1. The van der Waals surface area contributed by atoms with Gasteiger partial charge in [0, 0.05) is 25.4 Å². The Labute approximate surface area is 128 Å². The molecule has 0 saturated heterocycles. The van der Waals surface area contributed by atoms with Crippen LogP contribution in [0.2, 0.25) is 0 Å². The topological polar surface area (TPSA) is 59.8 Å². The highest BCUT2D eigenvalue weighted by molar-refractivity contribution is 5.47. The summed E-state index contributed by atoms with van der Waals surface area (Å²) in [6.45, 7) is 3.00. The van der Waals surface area contributed by atoms with Crippen molar-refractivity contribution in [3.8, 4) is 5.75 Å². The van der Waals surface area contributed by atoms with Gasteiger partial charge in [0.2, 0.25) is 0 Å². The monoisotopic (exact) mass is 295 g/mol. The van der Waals surface area contributed by atoms with Crippen molar-refractivity contribution in [1.29, 1.82) is 0 Å². The average Bonchev–Trinajstić information content (AvgIpc) is 2.46. The number of hydrogen-bond acceptors (Lipinski definition) is 5. The highest BCUT2D eigenvalue weighted by Crippen LogP contribution is 2.17. The second-order valence-electron chi connectivity index (χ2n) is 5.40. The van der Waals surface area contributed by atoms with Crippen LogP contribution in [-0.2, 0) is 4.74 Å². The van der Waals surface area contributed by atoms with Crippen molar-refractivity contribution in [3.63, 3.8) is 0 Å². The van der Waals surface area contributed by atoms with Crippen molar-refractivity contribution in [2.75, 3.05) is 52.8 Å². The lowest BCUT2D eigenvalue weighted by Gasteiger charge is -2.19. The lowest BCUT2D eigenvalue weighted by atomic mass is 10.1. The van der Waals surface area contributed by atoms with E-state index in [1.54, 1.807) is 7.11 Å². The van der Waals surface area contributed by atoms with Gasteiger partial charge in [-0.05, 0) is 57.7 Å². The molecule has 0 aliphatic rings. The van der Waals surface area contributed by atoms with E-state index in [-0.39, 0.29) is 0 Å². The van der Waals surface area contributed by atoms with Crippen LogP contribution in [0.15, 0.2) is 24.3 Å². The summed E-state index contributed by atoms with van der Waals surface area (Å²) < 4.78 is 10.9. The minimum Gasteiger partial charge on any atom is -0.492 e. The molecule has 3 N–H and O–H groups in total. The summed E-state index contributed by atoms with van der Waals surface area (Å²) in [5.41, 5.74) is 6.64. The van der Waals surface area contributed by atoms with E-state index in [4.69, 9.17) is 15.2 Å². The minimum absolute atomic E-state index is 0.291. The van der Waals surface area contributed by atoms with Crippen molar-refractivity contribution in [3.05, 3.63) is 24.3 Å². The van der Waals surface area contributed by atoms with Gasteiger partial charge in [0.15, 0.2) is 0 Å². The maximum absolute atomic E-state index is 5.68. The van der Waals surface area contributed by atoms with Gasteiger partial charge in [0.25, 0.3) is 0 Å². The molecule has 0 bridgehead atoms. The molecule has 1 atom stereocenters. The second kappa shape index (κ2) is 10.4. The molecule has 21 heavy (non-hydrogen) atoms. The number of benzene rings is 1. The number of ether oxygens (including phenoxy) is 2. The van der Waals surface area contributed by atoms with Gasteiger partial charge in [-0.3, -0.25) is 0 Å². The Balaban J connectivity index is 2.44. The Morgan fingerprint density at radius 1 is 1.24 bits per heavy atom. The van der Waals surface area contributed by atoms with E-state index >= 15 is 0 Å². The van der Waals surface area contributed by atoms with Gasteiger partial charge < -0.3 is 25.4 Å². The molecule has 120 valence electrons. The fraction of sp³-hybridized carbons (Fsp3) is 0.625. The second-order valence-corrected chi connectivity index (χ2v) is 5.40. The third-order valence-corrected chi connectivity index (χ3v) is 3.16. The molecular weight excluding hydrogens is 266 g/mol. The average molecular weight is 295 g/mol. The zero-order valence-electron chi connectivity index (χ0n) is 13.5. The highest BCUT2D eigenvalue weighted by Gasteiger charge is 2.07. The van der Waals surface area contributed by atoms with Gasteiger partial charge in [0.1, 0.15) is 12.4 Å². The van der Waals surface area contributed by atoms with Gasteiger partial charge in [0.05, 0.1) is 6.61 Å². The molecule has 0 radical (unpaired) electrons. The van der Waals surface area contributed by atoms with Crippen LogP contribution in [0.3, 0.4) is 0 Å². The predicted octanol–water partition coefficient (Wildman–Crippen LogP) is 1.79. The fourth-order valence-electron chi connectivity index (χ4n) is 1.99. The van der Waals surface area contributed by atoms with E-state index in [2.05, 4.69) is 10.2 Å². The van der Waals surface area contributed by atoms with Gasteiger partial charge in [-0.15, -0.1) is 0 Å². The molecule has 0 aliphatic heterocycles. The Hall–Kier alpha value is -1.30. The molecule has 1 rings (SSSR count). The Morgan fingerprint density at radius 2 is 1.95 bits per heavy atom. The number of anilines is 1. The van der Waals surface area contributed by atoms with E-state index in [0.717, 1.165) is 30.8 Å². The third kappa shape index (κ3) is 7.90. The molecule has 0 amide bonds. The Bertz CT molecular complexity index is 368. The summed E-state index contributed by atoms with van der Waals surface area (Å²) >= 11 is 0. The molecule has 0 saturated carbocycles. The molecule has 0 heterocycles. The van der Waals surface area contributed by atoms with E-state index < -0.39 is 0 Å². The van der Waals surface area contributed by atoms with Crippen molar-refractivity contribution in [2.24, 2.45) is 5.73 Å². The summed E-state index contributed by atoms with van der Waals surface area (Å²) in [5.74, 6) is 0.896. The van der Waals surface area contributed by atoms with Crippen molar-refractivity contribution >= 4 is 5.69 Å². The molecule has 1 aromatic rings. The molecule has 0 fully saturated rings. The van der Waals surface area contributed by atoms with Crippen LogP contribution >= 0.6 is 0 Å². The number of nitrogens with zero attached hydrogens (tertiary/aromatic N) is 1. The Kier molecular flexibility index (Phi) is 8.82. The molecule has 1 unspecified atom stereocenters. The first-order valence-corrected chi connectivity index (χ1v) is 7.49. The Morgan fingerprint density at radius 3 is 2.52 bits per heavy atom. The lowest BCUT2D eigenvalue weighted by molar-refractivity contribution is 0.182. The maximum atomic E-state index is 5.68. The molecule has 5 heteroatoms. The molecule has 1 aromatic carbocycles. The van der Waals surface area contributed by atoms with E-state index in [0.29, 0.717) is 25.8 Å². The van der Waals surface area contributed by atoms with Gasteiger partial charge in [-0.1, -0.05) is 0 Å². The normalized spacial score (nSPS) is 12.4. The molecule has 0 spiro atoms. The largest absolute Gasteiger partial charge is 0.492 e. The minimum atomic E-state index is 0.291. The maximum Gasteiger partial charge on any atom is 0.119 e. The van der Waals surface area contributed by atoms with E-state index in [1.165, 1.54) is 0 Å². The summed E-state index contributed by atoms with van der Waals surface area (Å²) in [6, 6.07) is 8.35. The molecule has 5 nitrogen and oxygen atoms in total. The first-order valence-electron chi connectivity index (χ1n) is 7.49. The van der Waals surface area contributed by atoms with Gasteiger partial charge in [-0.25, -0.2) is 0 Å². The summed E-state index contributed by atoms with van der Waals surface area (Å²) in [5, 5.41) is 3.47. The molecule has 0 aromatic heterocycles. The van der Waals surface area contributed by atoms with Crippen LogP contribution in [-0.4, -0.2) is 58.5 Å². The van der Waals surface area contributed by atoms with Gasteiger partial charge in [-0.2, -0.15) is 0 Å². The van der Waals surface area contributed by atoms with Crippen LogP contribution in [0.1, 0.15) is 12.8 Å². The summed E-state index contributed by atoms with van der Waals surface area (Å²) in [6.07, 6.45) is 2.00. The van der Waals surface area contributed by atoms with E-state index in [1.807, 2.05) is 38.4 Å². The lowest BCUT2D eigenvalue weighted by Crippen LogP contribution is -2.25. The van der Waals surface area contributed by atoms with Crippen molar-refractivity contribution in [2.45, 2.75) is 18.9 Å². The standard InChI is InChI=1S/C16H29N3O2/c1-19(2)11-12-21-16-8-6-14(7-9-16)18-15(13-20-3)5-4-10-17/h6-9,15,18H,4-5,10-13,17H2,1-3H3. The highest BCUT2D eigenvalue weighted by atomic mass is 16.5. The third-order valence-electron chi connectivity index (χ3n) is 3.16. The number of methoxy groups -OCH3 is 1. The number of rotatable bonds is 11. The summed E-state index contributed by atoms with van der Waals surface area (Å²) in [4.78, 5) is 2.10. The summed E-state index contributed by atoms with van der Waals surface area (Å²) in [7, 11) is 5.79. The molecular formula is C16H29N3O2. The van der Waals surface area contributed by atoms with Crippen molar-refractivity contribution < 1.29 is 9.47 Å². The zero-order valence-corrected chi connectivity index (χ0v) is 13.5. The first kappa shape index (κ1) is 17.8. The number of nitrogens with two attached hydrogens (primary N) is 1. The van der Waals surface area contributed by atoms with Gasteiger partial charge >= 0.3 is 0 Å². The van der Waals surface area contributed by atoms with Crippen LogP contribution in [0.5, 0.6) is 5.75 Å². The van der Waals surface area contributed by atoms with Crippen molar-refractivity contribution in [1.82, 2.24) is 4.90 Å². The fourth-order valence-corrected chi connectivity index (χ4v) is 1.99. The smallest absolute Gasteiger partial charge is 0.119 e. The van der Waals surface area contributed by atoms with E-state index in [9.17, 15) is 0 Å². The molecule has 0 aliphatic carbocycles. The predicted molar refractivity (Wildman–Crippen MR) is 88.1 cm³/mol. The van der Waals surface area contributed by atoms with Crippen LogP contribution < -0.4 is 15.8 Å². The quantitative estimate of drug-likeness (QED) is 0.652.